The van der Waals surface area contributed by atoms with E-state index in [0.717, 1.165) is 5.56 Å². The molecule has 0 saturated heterocycles. The summed E-state index contributed by atoms with van der Waals surface area (Å²) >= 11 is 3.26. The number of rotatable bonds is 4. The molecule has 2 rings (SSSR count). The standard InChI is InChI=1S/C11H12BrN5O/c1-18-10-4-7(2-3-14-10)6-15-11-16-8(12)5-9(13)17-11/h2-5H,6H2,1H3,(H3,13,15,16,17). The SMILES string of the molecule is COc1cc(CNc2nc(N)cc(Br)n2)ccn1. The van der Waals surface area contributed by atoms with Crippen LogP contribution in [0.25, 0.3) is 0 Å². The van der Waals surface area contributed by atoms with Gasteiger partial charge in [0.05, 0.1) is 7.11 Å². The summed E-state index contributed by atoms with van der Waals surface area (Å²) in [6, 6.07) is 5.37. The largest absolute Gasteiger partial charge is 0.481 e. The molecule has 0 spiro atoms. The molecule has 2 aromatic rings. The van der Waals surface area contributed by atoms with Gasteiger partial charge in [0.25, 0.3) is 0 Å². The number of pyridine rings is 1. The Bertz CT molecular complexity index is 528. The van der Waals surface area contributed by atoms with Crippen molar-refractivity contribution in [3.63, 3.8) is 0 Å². The number of nitrogens with zero attached hydrogens (tertiary/aromatic N) is 3. The van der Waals surface area contributed by atoms with Gasteiger partial charge in [0.2, 0.25) is 11.8 Å². The van der Waals surface area contributed by atoms with E-state index in [9.17, 15) is 0 Å². The third-order valence-electron chi connectivity index (χ3n) is 2.17. The third kappa shape index (κ3) is 3.30. The number of anilines is 2. The molecule has 18 heavy (non-hydrogen) atoms. The van der Waals surface area contributed by atoms with Crippen molar-refractivity contribution in [2.24, 2.45) is 0 Å². The fourth-order valence-corrected chi connectivity index (χ4v) is 1.77. The van der Waals surface area contributed by atoms with E-state index in [1.165, 1.54) is 0 Å². The van der Waals surface area contributed by atoms with E-state index in [2.05, 4.69) is 36.2 Å². The Balaban J connectivity index is 2.06. The first-order valence-electron chi connectivity index (χ1n) is 5.20. The van der Waals surface area contributed by atoms with E-state index in [0.29, 0.717) is 28.8 Å². The average molecular weight is 310 g/mol. The molecule has 7 heteroatoms. The van der Waals surface area contributed by atoms with Crippen LogP contribution in [0.4, 0.5) is 11.8 Å². The monoisotopic (exact) mass is 309 g/mol. The molecule has 0 saturated carbocycles. The second-order valence-electron chi connectivity index (χ2n) is 3.50. The number of halogens is 1. The smallest absolute Gasteiger partial charge is 0.225 e. The van der Waals surface area contributed by atoms with Gasteiger partial charge in [-0.25, -0.2) is 9.97 Å². The lowest BCUT2D eigenvalue weighted by Crippen LogP contribution is -2.05. The van der Waals surface area contributed by atoms with Crippen LogP contribution in [0.1, 0.15) is 5.56 Å². The topological polar surface area (TPSA) is 86.0 Å². The quantitative estimate of drug-likeness (QED) is 0.838. The maximum absolute atomic E-state index is 5.62. The molecular formula is C11H12BrN5O. The zero-order chi connectivity index (χ0) is 13.0. The van der Waals surface area contributed by atoms with Crippen molar-refractivity contribution in [2.75, 3.05) is 18.2 Å². The number of aromatic nitrogens is 3. The van der Waals surface area contributed by atoms with E-state index in [1.807, 2.05) is 12.1 Å². The van der Waals surface area contributed by atoms with Crippen LogP contribution in [0.15, 0.2) is 29.0 Å². The molecule has 6 nitrogen and oxygen atoms in total. The van der Waals surface area contributed by atoms with Crippen LogP contribution in [0, 0.1) is 0 Å². The maximum atomic E-state index is 5.62. The summed E-state index contributed by atoms with van der Waals surface area (Å²) in [4.78, 5) is 12.3. The molecule has 0 aliphatic carbocycles. The Morgan fingerprint density at radius 1 is 1.39 bits per heavy atom. The molecule has 2 aromatic heterocycles. The summed E-state index contributed by atoms with van der Waals surface area (Å²) in [7, 11) is 1.58. The highest BCUT2D eigenvalue weighted by atomic mass is 79.9. The number of nitrogens with two attached hydrogens (primary N) is 1. The number of ether oxygens (including phenoxy) is 1. The molecule has 0 aromatic carbocycles. The molecule has 0 unspecified atom stereocenters. The van der Waals surface area contributed by atoms with Crippen molar-refractivity contribution in [3.8, 4) is 5.88 Å². The highest BCUT2D eigenvalue weighted by molar-refractivity contribution is 9.10. The van der Waals surface area contributed by atoms with Crippen LogP contribution in [0.5, 0.6) is 5.88 Å². The molecule has 0 aliphatic heterocycles. The Hall–Kier alpha value is -1.89. The summed E-state index contributed by atoms with van der Waals surface area (Å²) < 4.78 is 5.69. The van der Waals surface area contributed by atoms with Crippen LogP contribution >= 0.6 is 15.9 Å². The van der Waals surface area contributed by atoms with Crippen molar-refractivity contribution in [3.05, 3.63) is 34.6 Å². The molecule has 0 aliphatic rings. The fraction of sp³-hybridized carbons (Fsp3) is 0.182. The zero-order valence-corrected chi connectivity index (χ0v) is 11.3. The predicted molar refractivity (Wildman–Crippen MR) is 72.3 cm³/mol. The first kappa shape index (κ1) is 12.6. The number of methoxy groups -OCH3 is 1. The van der Waals surface area contributed by atoms with Gasteiger partial charge in [-0.15, -0.1) is 0 Å². The van der Waals surface area contributed by atoms with Crippen LogP contribution in [0.3, 0.4) is 0 Å². The van der Waals surface area contributed by atoms with Gasteiger partial charge in [0.1, 0.15) is 10.4 Å². The Labute approximate surface area is 113 Å². The Morgan fingerprint density at radius 3 is 2.94 bits per heavy atom. The van der Waals surface area contributed by atoms with Gasteiger partial charge >= 0.3 is 0 Å². The van der Waals surface area contributed by atoms with Crippen molar-refractivity contribution < 1.29 is 4.74 Å². The normalized spacial score (nSPS) is 10.1. The summed E-state index contributed by atoms with van der Waals surface area (Å²) in [5.41, 5.74) is 6.64. The molecule has 0 atom stereocenters. The van der Waals surface area contributed by atoms with Gasteiger partial charge < -0.3 is 15.8 Å². The lowest BCUT2D eigenvalue weighted by Gasteiger charge is -2.06. The minimum atomic E-state index is 0.409. The van der Waals surface area contributed by atoms with Gasteiger partial charge in [-0.2, -0.15) is 4.98 Å². The van der Waals surface area contributed by atoms with Gasteiger partial charge in [0.15, 0.2) is 0 Å². The van der Waals surface area contributed by atoms with Crippen molar-refractivity contribution in [1.29, 1.82) is 0 Å². The summed E-state index contributed by atoms with van der Waals surface area (Å²) in [5.74, 6) is 1.45. The van der Waals surface area contributed by atoms with E-state index in [4.69, 9.17) is 10.5 Å². The third-order valence-corrected chi connectivity index (χ3v) is 2.58. The molecule has 2 heterocycles. The molecule has 0 radical (unpaired) electrons. The molecule has 0 fully saturated rings. The van der Waals surface area contributed by atoms with Crippen LogP contribution in [-0.4, -0.2) is 22.1 Å². The van der Waals surface area contributed by atoms with Crippen LogP contribution in [-0.2, 0) is 6.54 Å². The van der Waals surface area contributed by atoms with Crippen molar-refractivity contribution >= 4 is 27.7 Å². The van der Waals surface area contributed by atoms with Crippen LogP contribution in [0.2, 0.25) is 0 Å². The van der Waals surface area contributed by atoms with E-state index in [-0.39, 0.29) is 0 Å². The minimum Gasteiger partial charge on any atom is -0.481 e. The van der Waals surface area contributed by atoms with Gasteiger partial charge in [0, 0.05) is 24.9 Å². The molecular weight excluding hydrogens is 298 g/mol. The zero-order valence-electron chi connectivity index (χ0n) is 9.72. The Morgan fingerprint density at radius 2 is 2.22 bits per heavy atom. The van der Waals surface area contributed by atoms with E-state index >= 15 is 0 Å². The summed E-state index contributed by atoms with van der Waals surface area (Å²) in [6.07, 6.45) is 1.69. The van der Waals surface area contributed by atoms with E-state index < -0.39 is 0 Å². The second kappa shape index (κ2) is 5.63. The van der Waals surface area contributed by atoms with Crippen molar-refractivity contribution in [1.82, 2.24) is 15.0 Å². The number of nitrogens with one attached hydrogen (secondary N) is 1. The molecule has 0 amide bonds. The van der Waals surface area contributed by atoms with Gasteiger partial charge in [-0.3, -0.25) is 0 Å². The molecule has 0 bridgehead atoms. The maximum Gasteiger partial charge on any atom is 0.225 e. The van der Waals surface area contributed by atoms with Crippen LogP contribution < -0.4 is 15.8 Å². The van der Waals surface area contributed by atoms with Gasteiger partial charge in [-0.1, -0.05) is 0 Å². The number of nitrogen functional groups attached to an aromatic ring is 1. The number of hydrogen-bond donors (Lipinski definition) is 2. The number of hydrogen-bond acceptors (Lipinski definition) is 6. The van der Waals surface area contributed by atoms with Gasteiger partial charge in [-0.05, 0) is 27.6 Å². The summed E-state index contributed by atoms with van der Waals surface area (Å²) in [5, 5.41) is 3.08. The highest BCUT2D eigenvalue weighted by Gasteiger charge is 2.01. The highest BCUT2D eigenvalue weighted by Crippen LogP contribution is 2.14. The molecule has 3 N–H and O–H groups in total. The molecule has 94 valence electrons. The lowest BCUT2D eigenvalue weighted by atomic mass is 10.2. The lowest BCUT2D eigenvalue weighted by molar-refractivity contribution is 0.397. The first-order valence-corrected chi connectivity index (χ1v) is 5.99. The Kier molecular flexibility index (Phi) is 3.93. The second-order valence-corrected chi connectivity index (χ2v) is 4.31. The van der Waals surface area contributed by atoms with Crippen molar-refractivity contribution in [2.45, 2.75) is 6.54 Å². The predicted octanol–water partition coefficient (Wildman–Crippen LogP) is 1.84. The minimum absolute atomic E-state index is 0.409. The van der Waals surface area contributed by atoms with E-state index in [1.54, 1.807) is 19.4 Å². The summed E-state index contributed by atoms with van der Waals surface area (Å²) in [6.45, 7) is 0.564. The average Bonchev–Trinajstić information content (AvgIpc) is 2.35. The fourth-order valence-electron chi connectivity index (χ4n) is 1.37. The first-order chi connectivity index (χ1) is 8.67.